The van der Waals surface area contributed by atoms with Gasteiger partial charge in [-0.05, 0) is 23.8 Å². The molecular formula is C10H11ClO2. The first-order valence-corrected chi connectivity index (χ1v) is 4.25. The van der Waals surface area contributed by atoms with Crippen molar-refractivity contribution >= 4 is 17.7 Å². The van der Waals surface area contributed by atoms with Crippen LogP contribution in [0.3, 0.4) is 0 Å². The minimum absolute atomic E-state index is 0.131. The maximum absolute atomic E-state index is 8.67. The van der Waals surface area contributed by atoms with Crippen LogP contribution in [0.5, 0.6) is 5.75 Å². The highest BCUT2D eigenvalue weighted by Gasteiger charge is 1.92. The van der Waals surface area contributed by atoms with E-state index in [0.29, 0.717) is 5.03 Å². The number of aliphatic hydroxyl groups excluding tert-OH is 1. The highest BCUT2D eigenvalue weighted by molar-refractivity contribution is 6.31. The first kappa shape index (κ1) is 10.1. The van der Waals surface area contributed by atoms with Gasteiger partial charge in [0.05, 0.1) is 13.7 Å². The van der Waals surface area contributed by atoms with Crippen molar-refractivity contribution in [1.29, 1.82) is 0 Å². The molecule has 1 aromatic carbocycles. The summed E-state index contributed by atoms with van der Waals surface area (Å²) < 4.78 is 5.00. The van der Waals surface area contributed by atoms with Crippen molar-refractivity contribution < 1.29 is 9.84 Å². The maximum atomic E-state index is 8.67. The summed E-state index contributed by atoms with van der Waals surface area (Å²) in [4.78, 5) is 0. The van der Waals surface area contributed by atoms with Crippen molar-refractivity contribution in [3.05, 3.63) is 34.9 Å². The molecule has 70 valence electrons. The molecule has 1 N–H and O–H groups in total. The van der Waals surface area contributed by atoms with E-state index in [0.717, 1.165) is 11.3 Å². The Morgan fingerprint density at radius 1 is 1.46 bits per heavy atom. The van der Waals surface area contributed by atoms with Gasteiger partial charge in [-0.3, -0.25) is 0 Å². The van der Waals surface area contributed by atoms with Crippen LogP contribution in [-0.4, -0.2) is 18.8 Å². The molecule has 0 unspecified atom stereocenters. The van der Waals surface area contributed by atoms with Crippen molar-refractivity contribution in [2.75, 3.05) is 13.7 Å². The van der Waals surface area contributed by atoms with Crippen LogP contribution in [0.4, 0.5) is 0 Å². The molecule has 0 aliphatic heterocycles. The van der Waals surface area contributed by atoms with Crippen LogP contribution in [-0.2, 0) is 0 Å². The molecule has 0 atom stereocenters. The second kappa shape index (κ2) is 4.90. The van der Waals surface area contributed by atoms with Crippen LogP contribution in [0, 0.1) is 0 Å². The largest absolute Gasteiger partial charge is 0.497 e. The summed E-state index contributed by atoms with van der Waals surface area (Å²) in [6.07, 6.45) is 1.71. The molecule has 0 spiro atoms. The average molecular weight is 199 g/mol. The van der Waals surface area contributed by atoms with E-state index in [9.17, 15) is 0 Å². The van der Waals surface area contributed by atoms with Gasteiger partial charge < -0.3 is 9.84 Å². The zero-order valence-corrected chi connectivity index (χ0v) is 8.08. The van der Waals surface area contributed by atoms with Gasteiger partial charge in [0.2, 0.25) is 0 Å². The molecule has 13 heavy (non-hydrogen) atoms. The third-order valence-electron chi connectivity index (χ3n) is 1.59. The quantitative estimate of drug-likeness (QED) is 0.808. The van der Waals surface area contributed by atoms with Crippen molar-refractivity contribution in [3.8, 4) is 5.75 Å². The number of hydrogen-bond donors (Lipinski definition) is 1. The highest BCUT2D eigenvalue weighted by atomic mass is 35.5. The lowest BCUT2D eigenvalue weighted by Gasteiger charge is -1.99. The lowest BCUT2D eigenvalue weighted by Crippen LogP contribution is -1.83. The van der Waals surface area contributed by atoms with E-state index in [2.05, 4.69) is 0 Å². The molecule has 0 saturated heterocycles. The van der Waals surface area contributed by atoms with E-state index in [1.165, 1.54) is 0 Å². The molecule has 0 heterocycles. The van der Waals surface area contributed by atoms with Gasteiger partial charge in [0, 0.05) is 5.03 Å². The lowest BCUT2D eigenvalue weighted by molar-refractivity contribution is 0.339. The molecule has 0 amide bonds. The highest BCUT2D eigenvalue weighted by Crippen LogP contribution is 2.14. The van der Waals surface area contributed by atoms with Gasteiger partial charge in [0.25, 0.3) is 0 Å². The fourth-order valence-electron chi connectivity index (χ4n) is 0.927. The number of aliphatic hydroxyl groups is 1. The molecule has 1 aromatic rings. The molecule has 0 saturated carbocycles. The molecule has 2 nitrogen and oxygen atoms in total. The van der Waals surface area contributed by atoms with Crippen molar-refractivity contribution in [3.63, 3.8) is 0 Å². The number of rotatable bonds is 3. The fraction of sp³-hybridized carbons (Fsp3) is 0.200. The summed E-state index contributed by atoms with van der Waals surface area (Å²) in [6.45, 7) is -0.131. The standard InChI is InChI=1S/C10H11ClO2/c1-13-10-4-2-8(3-5-10)6-9(11)7-12/h2-6,12H,7H2,1H3/b9-6-. The topological polar surface area (TPSA) is 29.5 Å². The smallest absolute Gasteiger partial charge is 0.118 e. The first-order valence-electron chi connectivity index (χ1n) is 3.87. The van der Waals surface area contributed by atoms with Crippen LogP contribution >= 0.6 is 11.6 Å². The zero-order valence-electron chi connectivity index (χ0n) is 7.33. The van der Waals surface area contributed by atoms with Gasteiger partial charge >= 0.3 is 0 Å². The van der Waals surface area contributed by atoms with E-state index < -0.39 is 0 Å². The molecule has 0 fully saturated rings. The summed E-state index contributed by atoms with van der Waals surface area (Å²) in [5.74, 6) is 0.803. The van der Waals surface area contributed by atoms with E-state index in [1.807, 2.05) is 24.3 Å². The van der Waals surface area contributed by atoms with Gasteiger partial charge in [0.15, 0.2) is 0 Å². The second-order valence-corrected chi connectivity index (χ2v) is 3.01. The van der Waals surface area contributed by atoms with Gasteiger partial charge in [-0.2, -0.15) is 0 Å². The molecule has 0 aliphatic rings. The molecule has 1 rings (SSSR count). The lowest BCUT2D eigenvalue weighted by atomic mass is 10.2. The maximum Gasteiger partial charge on any atom is 0.118 e. The van der Waals surface area contributed by atoms with Crippen molar-refractivity contribution in [2.45, 2.75) is 0 Å². The number of ether oxygens (including phenoxy) is 1. The monoisotopic (exact) mass is 198 g/mol. The Bertz CT molecular complexity index is 290. The minimum atomic E-state index is -0.131. The van der Waals surface area contributed by atoms with Gasteiger partial charge in [-0.15, -0.1) is 0 Å². The summed E-state index contributed by atoms with van der Waals surface area (Å²) in [5, 5.41) is 9.09. The predicted molar refractivity (Wildman–Crippen MR) is 53.9 cm³/mol. The molecule has 0 aliphatic carbocycles. The first-order chi connectivity index (χ1) is 6.26. The van der Waals surface area contributed by atoms with Crippen LogP contribution < -0.4 is 4.74 Å². The Labute approximate surface area is 82.4 Å². The van der Waals surface area contributed by atoms with E-state index in [-0.39, 0.29) is 6.61 Å². The summed E-state index contributed by atoms with van der Waals surface area (Å²) >= 11 is 5.65. The summed E-state index contributed by atoms with van der Waals surface area (Å²) in [6, 6.07) is 7.43. The van der Waals surface area contributed by atoms with Crippen LogP contribution in [0.25, 0.3) is 6.08 Å². The Morgan fingerprint density at radius 2 is 2.08 bits per heavy atom. The fourth-order valence-corrected chi connectivity index (χ4v) is 1.05. The van der Waals surface area contributed by atoms with Gasteiger partial charge in [-0.1, -0.05) is 23.7 Å². The molecule has 0 aromatic heterocycles. The Balaban J connectivity index is 2.80. The van der Waals surface area contributed by atoms with E-state index in [1.54, 1.807) is 13.2 Å². The van der Waals surface area contributed by atoms with E-state index >= 15 is 0 Å². The average Bonchev–Trinajstić information content (AvgIpc) is 2.19. The van der Waals surface area contributed by atoms with Gasteiger partial charge in [0.1, 0.15) is 5.75 Å². The number of benzene rings is 1. The molecule has 0 radical (unpaired) electrons. The molecular weight excluding hydrogens is 188 g/mol. The minimum Gasteiger partial charge on any atom is -0.497 e. The normalized spacial score (nSPS) is 11.5. The summed E-state index contributed by atoms with van der Waals surface area (Å²) in [7, 11) is 1.62. The summed E-state index contributed by atoms with van der Waals surface area (Å²) in [5.41, 5.74) is 0.944. The van der Waals surface area contributed by atoms with Crippen molar-refractivity contribution in [2.24, 2.45) is 0 Å². The second-order valence-electron chi connectivity index (χ2n) is 2.52. The number of halogens is 1. The van der Waals surface area contributed by atoms with Crippen LogP contribution in [0.15, 0.2) is 29.3 Å². The Morgan fingerprint density at radius 3 is 2.54 bits per heavy atom. The number of hydrogen-bond acceptors (Lipinski definition) is 2. The van der Waals surface area contributed by atoms with Crippen molar-refractivity contribution in [1.82, 2.24) is 0 Å². The third-order valence-corrected chi connectivity index (χ3v) is 1.82. The zero-order chi connectivity index (χ0) is 9.68. The number of methoxy groups -OCH3 is 1. The third kappa shape index (κ3) is 3.09. The van der Waals surface area contributed by atoms with Crippen LogP contribution in [0.2, 0.25) is 0 Å². The Hall–Kier alpha value is -0.990. The van der Waals surface area contributed by atoms with E-state index in [4.69, 9.17) is 21.4 Å². The Kier molecular flexibility index (Phi) is 3.80. The predicted octanol–water partition coefficient (Wildman–Crippen LogP) is 2.27. The van der Waals surface area contributed by atoms with Crippen LogP contribution in [0.1, 0.15) is 5.56 Å². The molecule has 3 heteroatoms. The molecule has 0 bridgehead atoms. The van der Waals surface area contributed by atoms with Gasteiger partial charge in [-0.25, -0.2) is 0 Å². The SMILES string of the molecule is COc1ccc(/C=C(\Cl)CO)cc1.